The van der Waals surface area contributed by atoms with Crippen LogP contribution in [0.15, 0.2) is 41.1 Å². The molecular weight excluding hydrogens is 460 g/mol. The third-order valence-electron chi connectivity index (χ3n) is 8.98. The van der Waals surface area contributed by atoms with E-state index in [0.717, 1.165) is 17.5 Å². The molecule has 1 unspecified atom stereocenters. The van der Waals surface area contributed by atoms with Crippen molar-refractivity contribution >= 4 is 17.3 Å². The minimum Gasteiger partial charge on any atom is -0.507 e. The molecule has 6 atom stereocenters. The molecule has 5 rings (SSSR count). The molecule has 192 valence electrons. The molecule has 1 aromatic carbocycles. The molecule has 1 saturated carbocycles. The Balaban J connectivity index is 1.78. The number of aliphatic hydroxyl groups is 3. The van der Waals surface area contributed by atoms with Gasteiger partial charge < -0.3 is 31.1 Å². The summed E-state index contributed by atoms with van der Waals surface area (Å²) >= 11 is 0. The third-order valence-corrected chi connectivity index (χ3v) is 8.98. The third kappa shape index (κ3) is 2.86. The van der Waals surface area contributed by atoms with Crippen molar-refractivity contribution < 1.29 is 29.6 Å². The lowest BCUT2D eigenvalue weighted by Gasteiger charge is -2.53. The maximum atomic E-state index is 14.1. The van der Waals surface area contributed by atoms with Crippen molar-refractivity contribution in [3.8, 4) is 5.75 Å². The maximum absolute atomic E-state index is 14.1. The van der Waals surface area contributed by atoms with E-state index in [4.69, 9.17) is 10.5 Å². The Morgan fingerprint density at radius 3 is 2.53 bits per heavy atom. The SMILES string of the molecule is C=C(N)C1=C(C)[C@@H](NC)[C@@H]2[C@@H](O)[C@H]3C(=C(O)c4c(ccc5c4OCCC5(C)C)[C@@H]3C)C(=O)C2(O)C1=O. The van der Waals surface area contributed by atoms with Crippen LogP contribution in [-0.2, 0) is 15.0 Å². The zero-order valence-corrected chi connectivity index (χ0v) is 21.3. The van der Waals surface area contributed by atoms with Gasteiger partial charge in [-0.05, 0) is 42.9 Å². The van der Waals surface area contributed by atoms with Crippen LogP contribution >= 0.6 is 0 Å². The van der Waals surface area contributed by atoms with Gasteiger partial charge in [-0.15, -0.1) is 0 Å². The molecule has 0 saturated heterocycles. The van der Waals surface area contributed by atoms with Crippen molar-refractivity contribution in [1.29, 1.82) is 0 Å². The summed E-state index contributed by atoms with van der Waals surface area (Å²) in [5, 5.41) is 38.2. The first-order valence-corrected chi connectivity index (χ1v) is 12.4. The van der Waals surface area contributed by atoms with Gasteiger partial charge in [0.1, 0.15) is 11.5 Å². The molecule has 1 aromatic rings. The van der Waals surface area contributed by atoms with Crippen LogP contribution in [0.1, 0.15) is 56.7 Å². The van der Waals surface area contributed by atoms with Crippen molar-refractivity contribution in [2.75, 3.05) is 13.7 Å². The van der Waals surface area contributed by atoms with Gasteiger partial charge in [0.15, 0.2) is 5.60 Å². The highest BCUT2D eigenvalue weighted by Gasteiger charge is 2.67. The summed E-state index contributed by atoms with van der Waals surface area (Å²) in [6.45, 7) is 11.9. The summed E-state index contributed by atoms with van der Waals surface area (Å²) in [6, 6.07) is 3.19. The summed E-state index contributed by atoms with van der Waals surface area (Å²) < 4.78 is 6.02. The molecular formula is C28H34N2O6. The standard InChI is InChI=1S/C28H34N2O6/c1-11-14-7-8-15-24(36-10-9-27(15,4)5)18(14)22(31)19-17(11)23(32)20-21(30-6)12(2)16(13(3)29)25(33)28(20,35)26(19)34/h7-8,11,17,20-21,23,30-32,35H,3,9-10,29H2,1-2,4-6H3/t11-,17+,20+,21+,23-,28?/m0/s1. The Bertz CT molecular complexity index is 1290. The van der Waals surface area contributed by atoms with Crippen LogP contribution in [0.2, 0.25) is 0 Å². The van der Waals surface area contributed by atoms with Crippen molar-refractivity contribution in [2.45, 2.75) is 63.2 Å². The lowest BCUT2D eigenvalue weighted by molar-refractivity contribution is -0.169. The fourth-order valence-corrected chi connectivity index (χ4v) is 7.02. The summed E-state index contributed by atoms with van der Waals surface area (Å²) in [5.74, 6) is -4.07. The van der Waals surface area contributed by atoms with Gasteiger partial charge in [0.25, 0.3) is 0 Å². The maximum Gasteiger partial charge on any atom is 0.204 e. The second-order valence-electron chi connectivity index (χ2n) is 11.3. The number of ketones is 2. The Morgan fingerprint density at radius 1 is 1.25 bits per heavy atom. The van der Waals surface area contributed by atoms with E-state index in [1.807, 2.05) is 19.1 Å². The van der Waals surface area contributed by atoms with Crippen molar-refractivity contribution in [3.05, 3.63) is 57.8 Å². The first kappa shape index (κ1) is 24.7. The Labute approximate surface area is 210 Å². The smallest absolute Gasteiger partial charge is 0.204 e. The van der Waals surface area contributed by atoms with E-state index in [0.29, 0.717) is 23.5 Å². The number of fused-ring (bicyclic) bond motifs is 5. The quantitative estimate of drug-likeness (QED) is 0.393. The molecule has 8 heteroatoms. The number of carbonyl (C=O) groups is 2. The van der Waals surface area contributed by atoms with Gasteiger partial charge in [-0.1, -0.05) is 39.5 Å². The van der Waals surface area contributed by atoms with Crippen LogP contribution in [0.5, 0.6) is 5.75 Å². The Kier molecular flexibility index (Phi) is 5.35. The first-order chi connectivity index (χ1) is 16.8. The van der Waals surface area contributed by atoms with Gasteiger partial charge in [0.05, 0.1) is 18.3 Å². The van der Waals surface area contributed by atoms with Crippen LogP contribution in [-0.4, -0.2) is 58.3 Å². The second kappa shape index (κ2) is 7.78. The first-order valence-electron chi connectivity index (χ1n) is 12.4. The van der Waals surface area contributed by atoms with Crippen LogP contribution in [0.4, 0.5) is 0 Å². The molecule has 0 spiro atoms. The van der Waals surface area contributed by atoms with Gasteiger partial charge in [-0.3, -0.25) is 9.59 Å². The highest BCUT2D eigenvalue weighted by atomic mass is 16.5. The summed E-state index contributed by atoms with van der Waals surface area (Å²) in [4.78, 5) is 27.7. The zero-order valence-electron chi connectivity index (χ0n) is 21.3. The molecule has 3 aliphatic carbocycles. The number of hydrogen-bond acceptors (Lipinski definition) is 8. The minimum absolute atomic E-state index is 0.0288. The molecule has 0 aromatic heterocycles. The van der Waals surface area contributed by atoms with Gasteiger partial charge in [0, 0.05) is 40.3 Å². The lowest BCUT2D eigenvalue weighted by Crippen LogP contribution is -2.71. The average molecular weight is 495 g/mol. The molecule has 0 bridgehead atoms. The van der Waals surface area contributed by atoms with Crippen molar-refractivity contribution in [3.63, 3.8) is 0 Å². The molecule has 6 N–H and O–H groups in total. The number of nitrogens with one attached hydrogen (secondary N) is 1. The van der Waals surface area contributed by atoms with Crippen LogP contribution < -0.4 is 15.8 Å². The predicted octanol–water partition coefficient (Wildman–Crippen LogP) is 2.00. The molecule has 0 amide bonds. The molecule has 4 aliphatic rings. The number of allylic oxidation sites excluding steroid dienone is 1. The molecule has 8 nitrogen and oxygen atoms in total. The zero-order chi connectivity index (χ0) is 26.5. The van der Waals surface area contributed by atoms with E-state index in [9.17, 15) is 24.9 Å². The molecule has 0 radical (unpaired) electrons. The van der Waals surface area contributed by atoms with E-state index < -0.39 is 47.1 Å². The highest BCUT2D eigenvalue weighted by Crippen LogP contribution is 2.57. The van der Waals surface area contributed by atoms with E-state index in [1.54, 1.807) is 14.0 Å². The predicted molar refractivity (Wildman–Crippen MR) is 134 cm³/mol. The molecule has 1 heterocycles. The summed E-state index contributed by atoms with van der Waals surface area (Å²) in [5.41, 5.74) is 5.40. The van der Waals surface area contributed by atoms with E-state index in [1.165, 1.54) is 0 Å². The average Bonchev–Trinajstić information content (AvgIpc) is 2.80. The van der Waals surface area contributed by atoms with Gasteiger partial charge in [0.2, 0.25) is 11.6 Å². The molecule has 1 aliphatic heterocycles. The Morgan fingerprint density at radius 2 is 1.92 bits per heavy atom. The fourth-order valence-electron chi connectivity index (χ4n) is 7.02. The van der Waals surface area contributed by atoms with E-state index in [2.05, 4.69) is 25.7 Å². The molecule has 1 fully saturated rings. The summed E-state index contributed by atoms with van der Waals surface area (Å²) in [7, 11) is 1.63. The van der Waals surface area contributed by atoms with E-state index >= 15 is 0 Å². The number of nitrogens with two attached hydrogens (primary N) is 1. The Hall–Kier alpha value is -2.94. The topological polar surface area (TPSA) is 142 Å². The van der Waals surface area contributed by atoms with Gasteiger partial charge >= 0.3 is 0 Å². The van der Waals surface area contributed by atoms with Crippen LogP contribution in [0.25, 0.3) is 5.76 Å². The normalized spacial score (nSPS) is 34.9. The van der Waals surface area contributed by atoms with Crippen molar-refractivity contribution in [2.24, 2.45) is 17.6 Å². The number of hydrogen-bond donors (Lipinski definition) is 5. The number of Topliss-reactive ketones (excluding diaryl/α,β-unsaturated/α-hetero) is 2. The number of benzene rings is 1. The lowest BCUT2D eigenvalue weighted by atomic mass is 9.53. The number of ether oxygens (including phenoxy) is 1. The monoisotopic (exact) mass is 494 g/mol. The number of aliphatic hydroxyl groups excluding tert-OH is 2. The van der Waals surface area contributed by atoms with E-state index in [-0.39, 0.29) is 28.0 Å². The second-order valence-corrected chi connectivity index (χ2v) is 11.3. The van der Waals surface area contributed by atoms with Crippen LogP contribution in [0, 0.1) is 11.8 Å². The van der Waals surface area contributed by atoms with Crippen LogP contribution in [0.3, 0.4) is 0 Å². The van der Waals surface area contributed by atoms with Crippen molar-refractivity contribution in [1.82, 2.24) is 5.32 Å². The summed E-state index contributed by atoms with van der Waals surface area (Å²) in [6.07, 6.45) is -0.518. The number of rotatable bonds is 2. The number of likely N-dealkylation sites (N-methyl/N-ethyl adjacent to an activating group) is 1. The minimum atomic E-state index is -2.61. The highest BCUT2D eigenvalue weighted by molar-refractivity contribution is 6.27. The largest absolute Gasteiger partial charge is 0.507 e. The fraction of sp³-hybridized carbons (Fsp3) is 0.500. The van der Waals surface area contributed by atoms with Gasteiger partial charge in [-0.25, -0.2) is 0 Å². The number of carbonyl (C=O) groups excluding carboxylic acids is 2. The molecule has 36 heavy (non-hydrogen) atoms. The van der Waals surface area contributed by atoms with Gasteiger partial charge in [-0.2, -0.15) is 0 Å².